The summed E-state index contributed by atoms with van der Waals surface area (Å²) in [7, 11) is -3.72. The van der Waals surface area contributed by atoms with Crippen LogP contribution in [0.5, 0.6) is 0 Å². The third kappa shape index (κ3) is 2.94. The van der Waals surface area contributed by atoms with Crippen LogP contribution in [0.25, 0.3) is 0 Å². The summed E-state index contributed by atoms with van der Waals surface area (Å²) in [5.74, 6) is 0. The lowest BCUT2D eigenvalue weighted by Crippen LogP contribution is -2.12. The van der Waals surface area contributed by atoms with E-state index in [4.69, 9.17) is 10.9 Å². The van der Waals surface area contributed by atoms with Gasteiger partial charge >= 0.3 is 0 Å². The standard InChI is InChI=1S/C8H8N4O2S3/c9-6-3-5(17(10,13)14)1-2-7(6)15-8-11-4-12-16-8/h1-4H,9H2,(H2,10,13,14). The molecule has 0 bridgehead atoms. The van der Waals surface area contributed by atoms with Crippen molar-refractivity contribution in [1.82, 2.24) is 9.36 Å². The summed E-state index contributed by atoms with van der Waals surface area (Å²) >= 11 is 2.56. The molecular formula is C8H8N4O2S3. The molecule has 2 aromatic rings. The Bertz CT molecular complexity index is 624. The zero-order valence-corrected chi connectivity index (χ0v) is 10.8. The van der Waals surface area contributed by atoms with E-state index in [1.165, 1.54) is 41.8 Å². The minimum Gasteiger partial charge on any atom is -0.398 e. The number of anilines is 1. The Kier molecular flexibility index (Phi) is 3.33. The zero-order chi connectivity index (χ0) is 12.5. The van der Waals surface area contributed by atoms with E-state index in [0.717, 1.165) is 4.34 Å². The molecule has 0 aliphatic heterocycles. The Hall–Kier alpha value is -1.16. The van der Waals surface area contributed by atoms with Crippen molar-refractivity contribution in [3.8, 4) is 0 Å². The number of hydrogen-bond acceptors (Lipinski definition) is 7. The molecule has 0 atom stereocenters. The highest BCUT2D eigenvalue weighted by atomic mass is 32.2. The molecule has 1 heterocycles. The van der Waals surface area contributed by atoms with Gasteiger partial charge < -0.3 is 5.73 Å². The summed E-state index contributed by atoms with van der Waals surface area (Å²) in [5, 5.41) is 5.00. The number of hydrogen-bond donors (Lipinski definition) is 2. The molecule has 1 aromatic heterocycles. The molecule has 0 aliphatic rings. The van der Waals surface area contributed by atoms with Crippen molar-refractivity contribution in [1.29, 1.82) is 0 Å². The van der Waals surface area contributed by atoms with Gasteiger partial charge in [0.2, 0.25) is 10.0 Å². The van der Waals surface area contributed by atoms with Crippen molar-refractivity contribution in [2.75, 3.05) is 5.73 Å². The second-order valence-electron chi connectivity index (χ2n) is 3.05. The molecule has 0 unspecified atom stereocenters. The maximum absolute atomic E-state index is 11.1. The summed E-state index contributed by atoms with van der Waals surface area (Å²) in [6.45, 7) is 0. The zero-order valence-electron chi connectivity index (χ0n) is 8.40. The lowest BCUT2D eigenvalue weighted by atomic mass is 10.3. The number of primary sulfonamides is 1. The Morgan fingerprint density at radius 3 is 2.65 bits per heavy atom. The van der Waals surface area contributed by atoms with Gasteiger partial charge in [0, 0.05) is 10.6 Å². The van der Waals surface area contributed by atoms with Gasteiger partial charge in [-0.1, -0.05) is 11.8 Å². The fourth-order valence-electron chi connectivity index (χ4n) is 1.10. The van der Waals surface area contributed by atoms with Crippen LogP contribution < -0.4 is 10.9 Å². The van der Waals surface area contributed by atoms with Gasteiger partial charge in [0.1, 0.15) is 6.33 Å². The molecular weight excluding hydrogens is 280 g/mol. The monoisotopic (exact) mass is 288 g/mol. The van der Waals surface area contributed by atoms with Crippen molar-refractivity contribution in [3.05, 3.63) is 24.5 Å². The summed E-state index contributed by atoms with van der Waals surface area (Å²) in [4.78, 5) is 4.71. The summed E-state index contributed by atoms with van der Waals surface area (Å²) < 4.78 is 26.8. The van der Waals surface area contributed by atoms with Crippen LogP contribution in [0.1, 0.15) is 0 Å². The van der Waals surface area contributed by atoms with E-state index in [2.05, 4.69) is 9.36 Å². The number of aromatic nitrogens is 2. The van der Waals surface area contributed by atoms with E-state index in [1.54, 1.807) is 6.07 Å². The predicted octanol–water partition coefficient (Wildman–Crippen LogP) is 0.919. The average molecular weight is 288 g/mol. The summed E-state index contributed by atoms with van der Waals surface area (Å²) in [6, 6.07) is 4.34. The quantitative estimate of drug-likeness (QED) is 0.812. The van der Waals surface area contributed by atoms with E-state index >= 15 is 0 Å². The van der Waals surface area contributed by atoms with Crippen LogP contribution in [-0.4, -0.2) is 17.8 Å². The highest BCUT2D eigenvalue weighted by Crippen LogP contribution is 2.33. The minimum atomic E-state index is -3.72. The van der Waals surface area contributed by atoms with Gasteiger partial charge in [0.25, 0.3) is 0 Å². The van der Waals surface area contributed by atoms with E-state index < -0.39 is 10.0 Å². The van der Waals surface area contributed by atoms with E-state index in [-0.39, 0.29) is 4.90 Å². The third-order valence-corrected chi connectivity index (χ3v) is 4.57. The highest BCUT2D eigenvalue weighted by Gasteiger charge is 2.11. The minimum absolute atomic E-state index is 0.00314. The fourth-order valence-corrected chi connectivity index (χ4v) is 3.07. The van der Waals surface area contributed by atoms with Crippen LogP contribution in [0.4, 0.5) is 5.69 Å². The number of rotatable bonds is 3. The first-order valence-electron chi connectivity index (χ1n) is 4.33. The van der Waals surface area contributed by atoms with Crippen LogP contribution in [0.2, 0.25) is 0 Å². The summed E-state index contributed by atoms with van der Waals surface area (Å²) in [6.07, 6.45) is 1.45. The first kappa shape index (κ1) is 12.3. The maximum atomic E-state index is 11.1. The molecule has 0 amide bonds. The van der Waals surface area contributed by atoms with Gasteiger partial charge in [-0.15, -0.1) is 0 Å². The van der Waals surface area contributed by atoms with E-state index in [1.807, 2.05) is 0 Å². The van der Waals surface area contributed by atoms with Gasteiger partial charge in [0.15, 0.2) is 4.34 Å². The van der Waals surface area contributed by atoms with Crippen LogP contribution in [0.15, 0.2) is 38.7 Å². The van der Waals surface area contributed by atoms with Gasteiger partial charge in [-0.25, -0.2) is 18.5 Å². The van der Waals surface area contributed by atoms with Crippen LogP contribution >= 0.6 is 23.3 Å². The number of nitrogens with zero attached hydrogens (tertiary/aromatic N) is 2. The molecule has 0 saturated heterocycles. The second kappa shape index (κ2) is 4.61. The van der Waals surface area contributed by atoms with Gasteiger partial charge in [-0.3, -0.25) is 0 Å². The first-order chi connectivity index (χ1) is 7.97. The van der Waals surface area contributed by atoms with Crippen molar-refractivity contribution < 1.29 is 8.42 Å². The van der Waals surface area contributed by atoms with Crippen LogP contribution in [-0.2, 0) is 10.0 Å². The molecule has 0 spiro atoms. The molecule has 1 aromatic carbocycles. The number of benzene rings is 1. The largest absolute Gasteiger partial charge is 0.398 e. The molecule has 90 valence electrons. The SMILES string of the molecule is Nc1cc(S(N)(=O)=O)ccc1Sc1ncns1. The average Bonchev–Trinajstić information content (AvgIpc) is 2.72. The topological polar surface area (TPSA) is 112 Å². The molecule has 2 rings (SSSR count). The molecule has 0 saturated carbocycles. The highest BCUT2D eigenvalue weighted by molar-refractivity contribution is 8.01. The van der Waals surface area contributed by atoms with Gasteiger partial charge in [-0.2, -0.15) is 4.37 Å². The molecule has 17 heavy (non-hydrogen) atoms. The summed E-state index contributed by atoms with van der Waals surface area (Å²) in [5.41, 5.74) is 6.09. The smallest absolute Gasteiger partial charge is 0.238 e. The van der Waals surface area contributed by atoms with Crippen molar-refractivity contribution in [2.24, 2.45) is 5.14 Å². The molecule has 4 N–H and O–H groups in total. The number of sulfonamides is 1. The lowest BCUT2D eigenvalue weighted by Gasteiger charge is -2.04. The maximum Gasteiger partial charge on any atom is 0.238 e. The first-order valence-corrected chi connectivity index (χ1v) is 7.47. The normalized spacial score (nSPS) is 11.6. The van der Waals surface area contributed by atoms with E-state index in [9.17, 15) is 8.42 Å². The van der Waals surface area contributed by atoms with Crippen molar-refractivity contribution >= 4 is 39.0 Å². The Labute approximate surface area is 106 Å². The fraction of sp³-hybridized carbons (Fsp3) is 0. The number of nitrogen functional groups attached to an aromatic ring is 1. The van der Waals surface area contributed by atoms with Crippen LogP contribution in [0, 0.1) is 0 Å². The Morgan fingerprint density at radius 1 is 1.35 bits per heavy atom. The molecule has 0 radical (unpaired) electrons. The van der Waals surface area contributed by atoms with Crippen molar-refractivity contribution in [3.63, 3.8) is 0 Å². The number of nitrogens with two attached hydrogens (primary N) is 2. The van der Waals surface area contributed by atoms with Gasteiger partial charge in [0.05, 0.1) is 4.90 Å². The third-order valence-electron chi connectivity index (χ3n) is 1.85. The molecule has 0 aliphatic carbocycles. The van der Waals surface area contributed by atoms with Crippen LogP contribution in [0.3, 0.4) is 0 Å². The molecule has 6 nitrogen and oxygen atoms in total. The van der Waals surface area contributed by atoms with Crippen molar-refractivity contribution in [2.45, 2.75) is 14.1 Å². The Morgan fingerprint density at radius 2 is 2.12 bits per heavy atom. The van der Waals surface area contributed by atoms with Gasteiger partial charge in [-0.05, 0) is 29.7 Å². The van der Waals surface area contributed by atoms with E-state index in [0.29, 0.717) is 10.6 Å². The molecule has 9 heteroatoms. The second-order valence-corrected chi connectivity index (χ2v) is 6.68. The molecule has 0 fully saturated rings. The predicted molar refractivity (Wildman–Crippen MR) is 66.3 cm³/mol. The Balaban J connectivity index is 2.33. The lowest BCUT2D eigenvalue weighted by molar-refractivity contribution is 0.598.